The van der Waals surface area contributed by atoms with Crippen LogP contribution in [0.1, 0.15) is 22.7 Å². The molecule has 3 aromatic heterocycles. The molecule has 0 atom stereocenters. The van der Waals surface area contributed by atoms with Gasteiger partial charge in [0.05, 0.1) is 30.0 Å². The molecule has 32 heavy (non-hydrogen) atoms. The Morgan fingerprint density at radius 1 is 1.19 bits per heavy atom. The van der Waals surface area contributed by atoms with Crippen LogP contribution in [0.5, 0.6) is 0 Å². The van der Waals surface area contributed by atoms with E-state index in [-0.39, 0.29) is 11.7 Å². The Morgan fingerprint density at radius 3 is 2.91 bits per heavy atom. The Morgan fingerprint density at radius 2 is 2.09 bits per heavy atom. The summed E-state index contributed by atoms with van der Waals surface area (Å²) in [5, 5.41) is 2.63. The zero-order valence-corrected chi connectivity index (χ0v) is 19.4. The van der Waals surface area contributed by atoms with Gasteiger partial charge < -0.3 is 14.1 Å². The Balaban J connectivity index is 1.27. The van der Waals surface area contributed by atoms with E-state index >= 15 is 0 Å². The predicted octanol–water partition coefficient (Wildman–Crippen LogP) is 3.41. The van der Waals surface area contributed by atoms with Gasteiger partial charge in [0, 0.05) is 32.4 Å². The highest BCUT2D eigenvalue weighted by Gasteiger charge is 2.21. The normalized spacial score (nSPS) is 14.8. The number of carbonyl (C=O) groups is 2. The molecule has 0 radical (unpaired) electrons. The van der Waals surface area contributed by atoms with Gasteiger partial charge in [-0.05, 0) is 36.1 Å². The molecule has 1 amide bonds. The molecule has 0 bridgehead atoms. The van der Waals surface area contributed by atoms with Crippen molar-refractivity contribution in [3.8, 4) is 10.6 Å². The lowest BCUT2D eigenvalue weighted by molar-refractivity contribution is -0.128. The van der Waals surface area contributed by atoms with Crippen LogP contribution in [-0.4, -0.2) is 70.7 Å². The number of rotatable bonds is 7. The summed E-state index contributed by atoms with van der Waals surface area (Å²) < 4.78 is 10.2. The molecule has 0 spiro atoms. The molecule has 1 fully saturated rings. The van der Waals surface area contributed by atoms with Gasteiger partial charge >= 0.3 is 5.97 Å². The quantitative estimate of drug-likeness (QED) is 0.294. The summed E-state index contributed by atoms with van der Waals surface area (Å²) >= 11 is 3.00. The maximum absolute atomic E-state index is 12.8. The van der Waals surface area contributed by atoms with Crippen LogP contribution in [0, 0.1) is 0 Å². The van der Waals surface area contributed by atoms with Crippen molar-refractivity contribution < 1.29 is 18.7 Å². The summed E-state index contributed by atoms with van der Waals surface area (Å²) in [6, 6.07) is 9.32. The van der Waals surface area contributed by atoms with E-state index in [9.17, 15) is 9.59 Å². The fourth-order valence-electron chi connectivity index (χ4n) is 3.46. The van der Waals surface area contributed by atoms with Gasteiger partial charge in [-0.1, -0.05) is 17.8 Å². The molecule has 1 aliphatic heterocycles. The molecule has 1 aliphatic rings. The number of thiophene rings is 1. The van der Waals surface area contributed by atoms with Gasteiger partial charge in [0.1, 0.15) is 5.76 Å². The first-order chi connectivity index (χ1) is 15.6. The molecular weight excluding hydrogens is 448 g/mol. The van der Waals surface area contributed by atoms with E-state index in [4.69, 9.17) is 4.42 Å². The minimum atomic E-state index is -0.480. The maximum atomic E-state index is 12.8. The van der Waals surface area contributed by atoms with Crippen LogP contribution < -0.4 is 0 Å². The second-order valence-electron chi connectivity index (χ2n) is 7.26. The highest BCUT2D eigenvalue weighted by Crippen LogP contribution is 2.24. The van der Waals surface area contributed by atoms with E-state index in [1.807, 2.05) is 28.5 Å². The summed E-state index contributed by atoms with van der Waals surface area (Å²) in [6.07, 6.45) is 2.62. The van der Waals surface area contributed by atoms with Gasteiger partial charge in [-0.2, -0.15) is 0 Å². The van der Waals surface area contributed by atoms with Gasteiger partial charge in [0.15, 0.2) is 5.16 Å². The summed E-state index contributed by atoms with van der Waals surface area (Å²) in [7, 11) is 1.33. The van der Waals surface area contributed by atoms with E-state index in [2.05, 4.69) is 19.6 Å². The van der Waals surface area contributed by atoms with Gasteiger partial charge in [-0.15, -0.1) is 11.3 Å². The van der Waals surface area contributed by atoms with Gasteiger partial charge in [-0.3, -0.25) is 9.69 Å². The standard InChI is InChI=1S/C22H24N4O4S2/c1-29-21(28)18-6-5-16(30-18)14-25-9-3-10-26(12-11-25)20(27)15-32-22-23-8-7-17(24-22)19-4-2-13-31-19/h2,4-8,13H,3,9-12,14-15H2,1H3. The van der Waals surface area contributed by atoms with Crippen LogP contribution in [0.25, 0.3) is 10.6 Å². The molecule has 0 aliphatic carbocycles. The molecule has 0 aromatic carbocycles. The lowest BCUT2D eigenvalue weighted by Crippen LogP contribution is -2.36. The third kappa shape index (κ3) is 5.76. The first-order valence-electron chi connectivity index (χ1n) is 10.3. The molecular formula is C22H24N4O4S2. The molecule has 1 saturated heterocycles. The van der Waals surface area contributed by atoms with Gasteiger partial charge in [-0.25, -0.2) is 14.8 Å². The number of ether oxygens (including phenoxy) is 1. The summed E-state index contributed by atoms with van der Waals surface area (Å²) in [6.45, 7) is 3.57. The van der Waals surface area contributed by atoms with Crippen molar-refractivity contribution in [3.63, 3.8) is 0 Å². The first kappa shape index (κ1) is 22.5. The van der Waals surface area contributed by atoms with Crippen molar-refractivity contribution in [1.82, 2.24) is 19.8 Å². The molecule has 4 rings (SSSR count). The van der Waals surface area contributed by atoms with Crippen molar-refractivity contribution in [2.75, 3.05) is 39.0 Å². The minimum Gasteiger partial charge on any atom is -0.463 e. The van der Waals surface area contributed by atoms with Crippen LogP contribution in [0.3, 0.4) is 0 Å². The summed E-state index contributed by atoms with van der Waals surface area (Å²) in [5.41, 5.74) is 0.878. The summed E-state index contributed by atoms with van der Waals surface area (Å²) in [5.74, 6) is 0.841. The number of amides is 1. The lowest BCUT2D eigenvalue weighted by Gasteiger charge is -2.21. The average Bonchev–Trinajstić information content (AvgIpc) is 3.46. The van der Waals surface area contributed by atoms with Crippen LogP contribution in [0.4, 0.5) is 0 Å². The number of esters is 1. The zero-order valence-electron chi connectivity index (χ0n) is 17.7. The number of aromatic nitrogens is 2. The van der Waals surface area contributed by atoms with Crippen LogP contribution in [0.2, 0.25) is 0 Å². The Bertz CT molecular complexity index is 1050. The average molecular weight is 473 g/mol. The maximum Gasteiger partial charge on any atom is 0.373 e. The van der Waals surface area contributed by atoms with Crippen molar-refractivity contribution >= 4 is 35.0 Å². The third-order valence-electron chi connectivity index (χ3n) is 5.10. The highest BCUT2D eigenvalue weighted by molar-refractivity contribution is 7.99. The SMILES string of the molecule is COC(=O)c1ccc(CN2CCCN(C(=O)CSc3nccc(-c4cccs4)n3)CC2)o1. The predicted molar refractivity (Wildman–Crippen MR) is 123 cm³/mol. The fourth-order valence-corrected chi connectivity index (χ4v) is 4.89. The van der Waals surface area contributed by atoms with Crippen molar-refractivity contribution in [2.45, 2.75) is 18.1 Å². The van der Waals surface area contributed by atoms with Gasteiger partial charge in [0.25, 0.3) is 0 Å². The number of methoxy groups -OCH3 is 1. The molecule has 0 N–H and O–H groups in total. The number of furan rings is 1. The van der Waals surface area contributed by atoms with Crippen molar-refractivity contribution in [3.05, 3.63) is 53.4 Å². The largest absolute Gasteiger partial charge is 0.463 e. The van der Waals surface area contributed by atoms with E-state index in [1.165, 1.54) is 18.9 Å². The topological polar surface area (TPSA) is 88.8 Å². The highest BCUT2D eigenvalue weighted by atomic mass is 32.2. The number of nitrogens with zero attached hydrogens (tertiary/aromatic N) is 4. The molecule has 0 saturated carbocycles. The molecule has 8 nitrogen and oxygen atoms in total. The number of thioether (sulfide) groups is 1. The van der Waals surface area contributed by atoms with Crippen molar-refractivity contribution in [2.24, 2.45) is 0 Å². The third-order valence-corrected chi connectivity index (χ3v) is 6.84. The lowest BCUT2D eigenvalue weighted by atomic mass is 10.3. The Kier molecular flexibility index (Phi) is 7.56. The second kappa shape index (κ2) is 10.8. The molecule has 10 heteroatoms. The monoisotopic (exact) mass is 472 g/mol. The van der Waals surface area contributed by atoms with Gasteiger partial charge in [0.2, 0.25) is 11.7 Å². The van der Waals surface area contributed by atoms with E-state index in [1.54, 1.807) is 29.7 Å². The summed E-state index contributed by atoms with van der Waals surface area (Å²) in [4.78, 5) is 38.4. The molecule has 3 aromatic rings. The molecule has 4 heterocycles. The smallest absolute Gasteiger partial charge is 0.373 e. The second-order valence-corrected chi connectivity index (χ2v) is 9.15. The van der Waals surface area contributed by atoms with Crippen LogP contribution >= 0.6 is 23.1 Å². The number of carbonyl (C=O) groups excluding carboxylic acids is 2. The van der Waals surface area contributed by atoms with E-state index in [0.717, 1.165) is 36.6 Å². The van der Waals surface area contributed by atoms with Crippen LogP contribution in [-0.2, 0) is 16.1 Å². The zero-order chi connectivity index (χ0) is 22.3. The van der Waals surface area contributed by atoms with E-state index < -0.39 is 5.97 Å². The first-order valence-corrected chi connectivity index (χ1v) is 12.2. The number of hydrogen-bond donors (Lipinski definition) is 0. The Hall–Kier alpha value is -2.69. The molecule has 168 valence electrons. The number of hydrogen-bond acceptors (Lipinski definition) is 9. The van der Waals surface area contributed by atoms with Crippen molar-refractivity contribution in [1.29, 1.82) is 0 Å². The van der Waals surface area contributed by atoms with E-state index in [0.29, 0.717) is 29.8 Å². The minimum absolute atomic E-state index is 0.0907. The van der Waals surface area contributed by atoms with Crippen LogP contribution in [0.15, 0.2) is 51.5 Å². The Labute approximate surface area is 194 Å². The molecule has 0 unspecified atom stereocenters. The fraction of sp³-hybridized carbons (Fsp3) is 0.364.